The van der Waals surface area contributed by atoms with Crippen LogP contribution in [0.2, 0.25) is 0 Å². The third kappa shape index (κ3) is 6.47. The first-order valence-electron chi connectivity index (χ1n) is 13.3. The van der Waals surface area contributed by atoms with Gasteiger partial charge in [-0.3, -0.25) is 14.5 Å². The second-order valence-corrected chi connectivity index (χ2v) is 12.0. The van der Waals surface area contributed by atoms with Crippen LogP contribution in [0.3, 0.4) is 0 Å². The van der Waals surface area contributed by atoms with Crippen LogP contribution in [0, 0.1) is 12.8 Å². The van der Waals surface area contributed by atoms with Crippen molar-refractivity contribution in [3.8, 4) is 0 Å². The average molecular weight is 540 g/mol. The Morgan fingerprint density at radius 1 is 1.24 bits per heavy atom. The van der Waals surface area contributed by atoms with Crippen LogP contribution in [0.15, 0.2) is 47.8 Å². The van der Waals surface area contributed by atoms with Gasteiger partial charge in [-0.1, -0.05) is 30.3 Å². The highest BCUT2D eigenvalue weighted by molar-refractivity contribution is 7.89. The van der Waals surface area contributed by atoms with Gasteiger partial charge in [0.1, 0.15) is 4.90 Å². The lowest BCUT2D eigenvalue weighted by molar-refractivity contribution is -0.143. The summed E-state index contributed by atoms with van der Waals surface area (Å²) in [6.07, 6.45) is 7.35. The van der Waals surface area contributed by atoms with Gasteiger partial charge in [0.2, 0.25) is 10.0 Å². The zero-order valence-corrected chi connectivity index (χ0v) is 23.4. The van der Waals surface area contributed by atoms with Crippen molar-refractivity contribution in [2.45, 2.75) is 77.3 Å². The van der Waals surface area contributed by atoms with Crippen molar-refractivity contribution in [3.05, 3.63) is 70.8 Å². The number of fused-ring (bicyclic) bond motifs is 1. The Bertz CT molecular complexity index is 1370. The molecule has 0 spiro atoms. The van der Waals surface area contributed by atoms with E-state index in [2.05, 4.69) is 28.3 Å². The largest absolute Gasteiger partial charge is 0.466 e. The Kier molecular flexibility index (Phi) is 8.94. The molecule has 0 bridgehead atoms. The van der Waals surface area contributed by atoms with Crippen molar-refractivity contribution in [1.29, 1.82) is 0 Å². The van der Waals surface area contributed by atoms with Crippen molar-refractivity contribution >= 4 is 16.0 Å². The quantitative estimate of drug-likeness (QED) is 0.358. The number of rotatable bonds is 10. The molecule has 3 aromatic rings. The molecule has 0 saturated heterocycles. The van der Waals surface area contributed by atoms with Gasteiger partial charge in [-0.05, 0) is 80.2 Å². The van der Waals surface area contributed by atoms with E-state index in [-0.39, 0.29) is 30.8 Å². The molecule has 38 heavy (non-hydrogen) atoms. The van der Waals surface area contributed by atoms with Crippen molar-refractivity contribution in [1.82, 2.24) is 24.3 Å². The van der Waals surface area contributed by atoms with Gasteiger partial charge in [0.05, 0.1) is 18.7 Å². The lowest BCUT2D eigenvalue weighted by Crippen LogP contribution is -2.33. The van der Waals surface area contributed by atoms with E-state index in [9.17, 15) is 13.2 Å². The number of hydrogen-bond acceptors (Lipinski definition) is 7. The molecule has 0 radical (unpaired) electrons. The fourth-order valence-electron chi connectivity index (χ4n) is 5.03. The fraction of sp³-hybridized carbons (Fsp3) is 0.500. The van der Waals surface area contributed by atoms with E-state index in [1.54, 1.807) is 28.2 Å². The number of sulfonamides is 1. The fourth-order valence-corrected chi connectivity index (χ4v) is 6.74. The van der Waals surface area contributed by atoms with Crippen LogP contribution in [0.4, 0.5) is 0 Å². The summed E-state index contributed by atoms with van der Waals surface area (Å²) in [5.74, 6) is -0.167. The van der Waals surface area contributed by atoms with Crippen molar-refractivity contribution in [2.24, 2.45) is 5.92 Å². The smallest absolute Gasteiger partial charge is 0.306 e. The van der Waals surface area contributed by atoms with Gasteiger partial charge >= 0.3 is 5.97 Å². The Morgan fingerprint density at radius 2 is 2.05 bits per heavy atom. The number of esters is 1. The molecule has 0 fully saturated rings. The topological polar surface area (TPSA) is 107 Å². The summed E-state index contributed by atoms with van der Waals surface area (Å²) in [4.78, 5) is 16.9. The molecular formula is C28H37N5O4S. The number of carbonyl (C=O) groups excluding carboxylic acids is 1. The summed E-state index contributed by atoms with van der Waals surface area (Å²) in [6.45, 7) is 9.65. The van der Waals surface area contributed by atoms with E-state index >= 15 is 0 Å². The van der Waals surface area contributed by atoms with E-state index in [1.807, 2.05) is 32.2 Å². The molecule has 204 valence electrons. The highest BCUT2D eigenvalue weighted by Crippen LogP contribution is 2.31. The van der Waals surface area contributed by atoms with Crippen LogP contribution >= 0.6 is 0 Å². The van der Waals surface area contributed by atoms with E-state index in [0.717, 1.165) is 34.5 Å². The second-order valence-electron chi connectivity index (χ2n) is 10.1. The third-order valence-corrected chi connectivity index (χ3v) is 9.02. The predicted octanol–water partition coefficient (Wildman–Crippen LogP) is 4.05. The normalized spacial score (nSPS) is 17.9. The molecule has 10 heteroatoms. The number of aryl methyl sites for hydroxylation is 3. The van der Waals surface area contributed by atoms with Gasteiger partial charge in [0.25, 0.3) is 0 Å². The SMILES string of the molecule is CCOC(=O)CC(CCc1cn(CC)nn1)c1ccc(C)c(CN2CC(C)Cc3ccncc3S2(=O)=O)c1. The number of benzene rings is 1. The molecule has 2 unspecified atom stereocenters. The van der Waals surface area contributed by atoms with Crippen molar-refractivity contribution < 1.29 is 17.9 Å². The van der Waals surface area contributed by atoms with Gasteiger partial charge < -0.3 is 4.74 Å². The minimum absolute atomic E-state index is 0.0928. The number of hydrogen-bond donors (Lipinski definition) is 0. The molecule has 0 N–H and O–H groups in total. The molecule has 1 aliphatic rings. The molecule has 2 atom stereocenters. The first-order valence-corrected chi connectivity index (χ1v) is 14.7. The number of ether oxygens (including phenoxy) is 1. The third-order valence-electron chi connectivity index (χ3n) is 7.14. The highest BCUT2D eigenvalue weighted by atomic mass is 32.2. The zero-order valence-electron chi connectivity index (χ0n) is 22.6. The Morgan fingerprint density at radius 3 is 2.79 bits per heavy atom. The van der Waals surface area contributed by atoms with Crippen LogP contribution in [0.1, 0.15) is 67.5 Å². The Balaban J connectivity index is 1.61. The number of nitrogens with zero attached hydrogens (tertiary/aromatic N) is 5. The van der Waals surface area contributed by atoms with Gasteiger partial charge in [0, 0.05) is 38.2 Å². The summed E-state index contributed by atoms with van der Waals surface area (Å²) in [5, 5.41) is 8.36. The molecule has 1 aliphatic heterocycles. The Hall–Kier alpha value is -3.11. The molecule has 3 heterocycles. The summed E-state index contributed by atoms with van der Waals surface area (Å²) in [6, 6.07) is 7.90. The second kappa shape index (κ2) is 12.2. The minimum atomic E-state index is -3.69. The maximum atomic E-state index is 13.6. The summed E-state index contributed by atoms with van der Waals surface area (Å²) < 4.78 is 35.9. The molecule has 0 saturated carbocycles. The standard InChI is InChI=1S/C28H37N5O4S/c1-5-32-19-26(30-31-32)10-9-23(15-28(34)37-6-2)22-8-7-21(4)25(14-22)18-33-17-20(3)13-24-11-12-29-16-27(24)38(33,35)36/h7-8,11-12,14,16,19-20,23H,5-6,9-10,13,15,17-18H2,1-4H3. The van der Waals surface area contributed by atoms with Crippen LogP contribution in [0.25, 0.3) is 0 Å². The molecule has 0 aliphatic carbocycles. The lowest BCUT2D eigenvalue weighted by atomic mass is 9.88. The van der Waals surface area contributed by atoms with Gasteiger partial charge in [-0.2, -0.15) is 4.31 Å². The molecule has 4 rings (SSSR count). The maximum absolute atomic E-state index is 13.6. The van der Waals surface area contributed by atoms with Crippen LogP contribution < -0.4 is 0 Å². The van der Waals surface area contributed by atoms with Crippen molar-refractivity contribution in [2.75, 3.05) is 13.2 Å². The van der Waals surface area contributed by atoms with E-state index in [0.29, 0.717) is 37.3 Å². The lowest BCUT2D eigenvalue weighted by Gasteiger charge is -2.24. The molecule has 0 amide bonds. The maximum Gasteiger partial charge on any atom is 0.306 e. The summed E-state index contributed by atoms with van der Waals surface area (Å²) >= 11 is 0. The van der Waals surface area contributed by atoms with E-state index < -0.39 is 10.0 Å². The molecular weight excluding hydrogens is 502 g/mol. The first-order chi connectivity index (χ1) is 18.2. The summed E-state index contributed by atoms with van der Waals surface area (Å²) in [7, 11) is -3.69. The summed E-state index contributed by atoms with van der Waals surface area (Å²) in [5.41, 5.74) is 4.62. The molecule has 1 aromatic carbocycles. The van der Waals surface area contributed by atoms with E-state index in [4.69, 9.17) is 4.74 Å². The first kappa shape index (κ1) is 27.9. The van der Waals surface area contributed by atoms with Gasteiger partial charge in [0.15, 0.2) is 0 Å². The Labute approximate surface area is 225 Å². The monoisotopic (exact) mass is 539 g/mol. The van der Waals surface area contributed by atoms with Crippen LogP contribution in [-0.2, 0) is 45.5 Å². The van der Waals surface area contributed by atoms with E-state index in [1.165, 1.54) is 6.20 Å². The number of carbonyl (C=O) groups is 1. The average Bonchev–Trinajstić information content (AvgIpc) is 3.32. The van der Waals surface area contributed by atoms with Crippen LogP contribution in [0.5, 0.6) is 0 Å². The predicted molar refractivity (Wildman–Crippen MR) is 144 cm³/mol. The van der Waals surface area contributed by atoms with Crippen molar-refractivity contribution in [3.63, 3.8) is 0 Å². The van der Waals surface area contributed by atoms with Gasteiger partial charge in [-0.25, -0.2) is 8.42 Å². The minimum Gasteiger partial charge on any atom is -0.466 e. The number of pyridine rings is 1. The molecule has 2 aromatic heterocycles. The van der Waals surface area contributed by atoms with Gasteiger partial charge in [-0.15, -0.1) is 5.10 Å². The zero-order chi connectivity index (χ0) is 27.3. The molecule has 9 nitrogen and oxygen atoms in total. The number of aromatic nitrogens is 4. The van der Waals surface area contributed by atoms with Crippen LogP contribution in [-0.4, -0.2) is 51.8 Å². The highest BCUT2D eigenvalue weighted by Gasteiger charge is 2.33.